The van der Waals surface area contributed by atoms with E-state index in [0.717, 1.165) is 0 Å². The van der Waals surface area contributed by atoms with E-state index in [-0.39, 0.29) is 0 Å². The minimum absolute atomic E-state index is 1.18. The van der Waals surface area contributed by atoms with Gasteiger partial charge in [-0.05, 0) is 48.0 Å². The van der Waals surface area contributed by atoms with Gasteiger partial charge in [0.1, 0.15) is 0 Å². The molecule has 0 heteroatoms. The smallest absolute Gasteiger partial charge is 0.0222 e. The molecule has 116 valence electrons. The molecule has 0 radical (unpaired) electrons. The van der Waals surface area contributed by atoms with E-state index < -0.39 is 0 Å². The van der Waals surface area contributed by atoms with E-state index in [9.17, 15) is 0 Å². The van der Waals surface area contributed by atoms with Gasteiger partial charge in [-0.3, -0.25) is 0 Å². The van der Waals surface area contributed by atoms with Crippen LogP contribution in [0.5, 0.6) is 0 Å². The number of rotatable bonds is 8. The van der Waals surface area contributed by atoms with Crippen molar-refractivity contribution < 1.29 is 0 Å². The molecule has 2 aromatic carbocycles. The molecule has 0 bridgehead atoms. The zero-order chi connectivity index (χ0) is 15.6. The largest absolute Gasteiger partial charge is 0.0654 e. The van der Waals surface area contributed by atoms with Gasteiger partial charge in [-0.25, -0.2) is 0 Å². The van der Waals surface area contributed by atoms with Crippen molar-refractivity contribution in [1.82, 2.24) is 0 Å². The predicted molar refractivity (Wildman–Crippen MR) is 98.7 cm³/mol. The first kappa shape index (κ1) is 16.5. The van der Waals surface area contributed by atoms with E-state index >= 15 is 0 Å². The molecule has 0 saturated carbocycles. The quantitative estimate of drug-likeness (QED) is 0.460. The lowest BCUT2D eigenvalue weighted by Gasteiger charge is -2.17. The number of benzene rings is 2. The van der Waals surface area contributed by atoms with Gasteiger partial charge >= 0.3 is 0 Å². The summed E-state index contributed by atoms with van der Waals surface area (Å²) in [5, 5.41) is 0. The Morgan fingerprint density at radius 2 is 0.955 bits per heavy atom. The van der Waals surface area contributed by atoms with E-state index in [1.165, 1.54) is 49.7 Å². The second-order valence-corrected chi connectivity index (χ2v) is 5.90. The lowest BCUT2D eigenvalue weighted by molar-refractivity contribution is 0.808. The van der Waals surface area contributed by atoms with Crippen molar-refractivity contribution >= 4 is 11.1 Å². The van der Waals surface area contributed by atoms with E-state index in [1.807, 2.05) is 0 Å². The first-order valence-electron chi connectivity index (χ1n) is 8.69. The highest BCUT2D eigenvalue weighted by atomic mass is 14.2. The summed E-state index contributed by atoms with van der Waals surface area (Å²) in [4.78, 5) is 0. The van der Waals surface area contributed by atoms with E-state index in [4.69, 9.17) is 0 Å². The monoisotopic (exact) mass is 292 g/mol. The third-order valence-electron chi connectivity index (χ3n) is 4.17. The van der Waals surface area contributed by atoms with Gasteiger partial charge in [0, 0.05) is 0 Å². The van der Waals surface area contributed by atoms with Crippen LogP contribution in [0.15, 0.2) is 60.7 Å². The fourth-order valence-electron chi connectivity index (χ4n) is 2.92. The number of hydrogen-bond acceptors (Lipinski definition) is 0. The zero-order valence-corrected chi connectivity index (χ0v) is 14.0. The molecule has 0 fully saturated rings. The van der Waals surface area contributed by atoms with Gasteiger partial charge in [0.05, 0.1) is 0 Å². The van der Waals surface area contributed by atoms with E-state index in [0.29, 0.717) is 0 Å². The van der Waals surface area contributed by atoms with Crippen molar-refractivity contribution in [2.75, 3.05) is 0 Å². The molecule has 0 saturated heterocycles. The van der Waals surface area contributed by atoms with Crippen molar-refractivity contribution in [3.8, 4) is 0 Å². The standard InChI is InChI=1S/C22H28/c1-3-5-17-21(19-13-9-7-10-14-19)22(18-6-4-2)20-15-11-8-12-16-20/h7-16H,3-6,17-18H2,1-2H3. The summed E-state index contributed by atoms with van der Waals surface area (Å²) in [7, 11) is 0. The third kappa shape index (κ3) is 4.59. The van der Waals surface area contributed by atoms with Crippen LogP contribution < -0.4 is 0 Å². The van der Waals surface area contributed by atoms with Crippen LogP contribution in [0.25, 0.3) is 11.1 Å². The number of hydrogen-bond donors (Lipinski definition) is 0. The maximum Gasteiger partial charge on any atom is -0.0222 e. The molecule has 2 rings (SSSR count). The van der Waals surface area contributed by atoms with Crippen LogP contribution in [0, 0.1) is 0 Å². The molecule has 0 unspecified atom stereocenters. The SMILES string of the molecule is CCCCC(=C(CCCC)c1ccccc1)c1ccccc1. The summed E-state index contributed by atoms with van der Waals surface area (Å²) < 4.78 is 0. The topological polar surface area (TPSA) is 0 Å². The molecule has 0 amide bonds. The molecule has 0 atom stereocenters. The Morgan fingerprint density at radius 3 is 1.27 bits per heavy atom. The average molecular weight is 292 g/mol. The zero-order valence-electron chi connectivity index (χ0n) is 14.0. The Kier molecular flexibility index (Phi) is 6.96. The van der Waals surface area contributed by atoms with Crippen LogP contribution in [0.3, 0.4) is 0 Å². The maximum absolute atomic E-state index is 2.27. The van der Waals surface area contributed by atoms with Gasteiger partial charge in [-0.2, -0.15) is 0 Å². The third-order valence-corrected chi connectivity index (χ3v) is 4.17. The summed E-state index contributed by atoms with van der Waals surface area (Å²) in [6.45, 7) is 4.55. The summed E-state index contributed by atoms with van der Waals surface area (Å²) in [6.07, 6.45) is 7.35. The average Bonchev–Trinajstić information content (AvgIpc) is 2.59. The minimum atomic E-state index is 1.18. The van der Waals surface area contributed by atoms with E-state index in [2.05, 4.69) is 74.5 Å². The Hall–Kier alpha value is -1.82. The van der Waals surface area contributed by atoms with Gasteiger partial charge in [-0.1, -0.05) is 87.4 Å². The van der Waals surface area contributed by atoms with Crippen LogP contribution in [0.2, 0.25) is 0 Å². The maximum atomic E-state index is 2.27. The fourth-order valence-corrected chi connectivity index (χ4v) is 2.92. The Labute approximate surface area is 135 Å². The molecular weight excluding hydrogens is 264 g/mol. The number of unbranched alkanes of at least 4 members (excludes halogenated alkanes) is 2. The van der Waals surface area contributed by atoms with Crippen molar-refractivity contribution in [1.29, 1.82) is 0 Å². The van der Waals surface area contributed by atoms with Gasteiger partial charge < -0.3 is 0 Å². The lowest BCUT2D eigenvalue weighted by atomic mass is 9.88. The molecule has 0 aliphatic heterocycles. The summed E-state index contributed by atoms with van der Waals surface area (Å²) >= 11 is 0. The molecule has 0 nitrogen and oxygen atoms in total. The molecule has 0 aliphatic carbocycles. The van der Waals surface area contributed by atoms with Crippen LogP contribution in [0.1, 0.15) is 63.5 Å². The molecule has 0 aliphatic rings. The first-order chi connectivity index (χ1) is 10.9. The van der Waals surface area contributed by atoms with Crippen molar-refractivity contribution in [2.45, 2.75) is 52.4 Å². The lowest BCUT2D eigenvalue weighted by Crippen LogP contribution is -1.94. The van der Waals surface area contributed by atoms with Gasteiger partial charge in [0.2, 0.25) is 0 Å². The van der Waals surface area contributed by atoms with Crippen LogP contribution in [-0.2, 0) is 0 Å². The van der Waals surface area contributed by atoms with Crippen molar-refractivity contribution in [2.24, 2.45) is 0 Å². The molecule has 0 heterocycles. The highest BCUT2D eigenvalue weighted by molar-refractivity contribution is 5.90. The fraction of sp³-hybridized carbons (Fsp3) is 0.364. The Bertz CT molecular complexity index is 510. The Balaban J connectivity index is 2.48. The predicted octanol–water partition coefficient (Wildman–Crippen LogP) is 6.98. The van der Waals surface area contributed by atoms with Gasteiger partial charge in [0.25, 0.3) is 0 Å². The van der Waals surface area contributed by atoms with Crippen LogP contribution in [-0.4, -0.2) is 0 Å². The molecular formula is C22H28. The Morgan fingerprint density at radius 1 is 0.591 bits per heavy atom. The van der Waals surface area contributed by atoms with Gasteiger partial charge in [-0.15, -0.1) is 0 Å². The second-order valence-electron chi connectivity index (χ2n) is 5.90. The molecule has 0 spiro atoms. The first-order valence-corrected chi connectivity index (χ1v) is 8.69. The molecule has 0 N–H and O–H groups in total. The van der Waals surface area contributed by atoms with Crippen molar-refractivity contribution in [3.63, 3.8) is 0 Å². The summed E-state index contributed by atoms with van der Waals surface area (Å²) in [5.41, 5.74) is 5.88. The molecule has 22 heavy (non-hydrogen) atoms. The molecule has 0 aromatic heterocycles. The normalized spacial score (nSPS) is 12.1. The summed E-state index contributed by atoms with van der Waals surface area (Å²) in [6, 6.07) is 21.9. The van der Waals surface area contributed by atoms with Crippen molar-refractivity contribution in [3.05, 3.63) is 71.8 Å². The van der Waals surface area contributed by atoms with Crippen LogP contribution in [0.4, 0.5) is 0 Å². The molecule has 2 aromatic rings. The summed E-state index contributed by atoms with van der Waals surface area (Å²) in [5.74, 6) is 0. The van der Waals surface area contributed by atoms with Crippen LogP contribution >= 0.6 is 0 Å². The van der Waals surface area contributed by atoms with Gasteiger partial charge in [0.15, 0.2) is 0 Å². The van der Waals surface area contributed by atoms with E-state index in [1.54, 1.807) is 11.1 Å². The second kappa shape index (κ2) is 9.25. The number of allylic oxidation sites excluding steroid dienone is 2. The highest BCUT2D eigenvalue weighted by Gasteiger charge is 2.11. The highest BCUT2D eigenvalue weighted by Crippen LogP contribution is 2.33. The minimum Gasteiger partial charge on any atom is -0.0654 e.